The lowest BCUT2D eigenvalue weighted by atomic mass is 10.2. The van der Waals surface area contributed by atoms with Gasteiger partial charge in [0.15, 0.2) is 0 Å². The van der Waals surface area contributed by atoms with E-state index in [2.05, 4.69) is 10.9 Å². The molecular formula is C14H10F3N3O4. The summed E-state index contributed by atoms with van der Waals surface area (Å²) < 4.78 is 42.0. The van der Waals surface area contributed by atoms with Gasteiger partial charge >= 0.3 is 12.3 Å². The summed E-state index contributed by atoms with van der Waals surface area (Å²) in [5.41, 5.74) is 3.72. The molecule has 0 saturated carbocycles. The third-order valence-electron chi connectivity index (χ3n) is 2.78. The number of carbonyl (C=O) groups is 1. The van der Waals surface area contributed by atoms with E-state index in [1.165, 1.54) is 12.1 Å². The van der Waals surface area contributed by atoms with Crippen molar-refractivity contribution in [3.8, 4) is 5.75 Å². The number of nitrogens with one attached hydrogen (secondary N) is 2. The molecule has 0 aliphatic heterocycles. The molecule has 126 valence electrons. The van der Waals surface area contributed by atoms with Crippen LogP contribution in [0.3, 0.4) is 0 Å². The maximum absolute atomic E-state index is 12.4. The first-order valence-electron chi connectivity index (χ1n) is 6.41. The van der Waals surface area contributed by atoms with E-state index in [4.69, 9.17) is 4.74 Å². The lowest BCUT2D eigenvalue weighted by Crippen LogP contribution is -2.32. The molecule has 0 aliphatic carbocycles. The predicted molar refractivity (Wildman–Crippen MR) is 77.3 cm³/mol. The second kappa shape index (κ2) is 6.86. The topological polar surface area (TPSA) is 93.5 Å². The van der Waals surface area contributed by atoms with E-state index in [9.17, 15) is 28.1 Å². The molecule has 0 aromatic heterocycles. The SMILES string of the molecule is O=C(NNc1ccc(C(F)(F)F)cc1)Oc1ccc([N+](=O)[O-])cc1. The van der Waals surface area contributed by atoms with E-state index in [-0.39, 0.29) is 17.1 Å². The average molecular weight is 341 g/mol. The highest BCUT2D eigenvalue weighted by atomic mass is 19.4. The molecule has 0 fully saturated rings. The highest BCUT2D eigenvalue weighted by Crippen LogP contribution is 2.29. The molecule has 2 N–H and O–H groups in total. The minimum Gasteiger partial charge on any atom is -0.409 e. The molecule has 0 heterocycles. The van der Waals surface area contributed by atoms with Gasteiger partial charge in [-0.15, -0.1) is 0 Å². The highest BCUT2D eigenvalue weighted by Gasteiger charge is 2.29. The van der Waals surface area contributed by atoms with Crippen LogP contribution in [0.5, 0.6) is 5.75 Å². The molecule has 0 atom stereocenters. The molecule has 0 spiro atoms. The first-order valence-corrected chi connectivity index (χ1v) is 6.41. The molecule has 2 aromatic carbocycles. The van der Waals surface area contributed by atoms with Gasteiger partial charge in [0.2, 0.25) is 0 Å². The number of rotatable bonds is 4. The molecule has 0 saturated heterocycles. The van der Waals surface area contributed by atoms with Gasteiger partial charge in [-0.1, -0.05) is 0 Å². The largest absolute Gasteiger partial charge is 0.431 e. The Kier molecular flexibility index (Phi) is 4.87. The number of anilines is 1. The number of nitrogens with zero attached hydrogens (tertiary/aromatic N) is 1. The van der Waals surface area contributed by atoms with Crippen molar-refractivity contribution in [1.29, 1.82) is 0 Å². The highest BCUT2D eigenvalue weighted by molar-refractivity contribution is 5.72. The van der Waals surface area contributed by atoms with Crippen molar-refractivity contribution < 1.29 is 27.6 Å². The molecular weight excluding hydrogens is 331 g/mol. The van der Waals surface area contributed by atoms with E-state index >= 15 is 0 Å². The molecule has 7 nitrogen and oxygen atoms in total. The van der Waals surface area contributed by atoms with Gasteiger partial charge in [0.25, 0.3) is 5.69 Å². The first kappa shape index (κ1) is 17.1. The van der Waals surface area contributed by atoms with Crippen LogP contribution in [0.4, 0.5) is 29.3 Å². The van der Waals surface area contributed by atoms with Crippen LogP contribution in [-0.2, 0) is 6.18 Å². The third kappa shape index (κ3) is 4.60. The number of hydrogen-bond donors (Lipinski definition) is 2. The summed E-state index contributed by atoms with van der Waals surface area (Å²) in [6, 6.07) is 8.75. The zero-order valence-corrected chi connectivity index (χ0v) is 11.8. The number of alkyl halides is 3. The third-order valence-corrected chi connectivity index (χ3v) is 2.78. The standard InChI is InChI=1S/C14H10F3N3O4/c15-14(16,17)9-1-3-10(4-2-9)18-19-13(21)24-12-7-5-11(6-8-12)20(22)23/h1-8,18H,(H,19,21). The smallest absolute Gasteiger partial charge is 0.409 e. The maximum Gasteiger partial charge on any atom is 0.431 e. The van der Waals surface area contributed by atoms with Crippen LogP contribution in [-0.4, -0.2) is 11.0 Å². The van der Waals surface area contributed by atoms with Crippen molar-refractivity contribution in [3.05, 3.63) is 64.2 Å². The fourth-order valence-electron chi connectivity index (χ4n) is 1.63. The molecule has 0 radical (unpaired) electrons. The summed E-state index contributed by atoms with van der Waals surface area (Å²) in [6.45, 7) is 0. The van der Waals surface area contributed by atoms with Crippen molar-refractivity contribution >= 4 is 17.5 Å². The van der Waals surface area contributed by atoms with E-state index in [0.717, 1.165) is 36.4 Å². The molecule has 10 heteroatoms. The first-order chi connectivity index (χ1) is 11.3. The number of halogens is 3. The summed E-state index contributed by atoms with van der Waals surface area (Å²) in [6.07, 6.45) is -5.38. The van der Waals surface area contributed by atoms with Gasteiger partial charge in [-0.3, -0.25) is 15.5 Å². The van der Waals surface area contributed by atoms with Crippen LogP contribution in [0.2, 0.25) is 0 Å². The fourth-order valence-corrected chi connectivity index (χ4v) is 1.63. The second-order valence-electron chi connectivity index (χ2n) is 4.47. The molecule has 2 rings (SSSR count). The maximum atomic E-state index is 12.4. The molecule has 1 amide bonds. The Morgan fingerprint density at radius 3 is 2.12 bits per heavy atom. The summed E-state index contributed by atoms with van der Waals surface area (Å²) in [7, 11) is 0. The monoisotopic (exact) mass is 341 g/mol. The minimum atomic E-state index is -4.44. The Balaban J connectivity index is 1.87. The van der Waals surface area contributed by atoms with Crippen molar-refractivity contribution in [3.63, 3.8) is 0 Å². The molecule has 2 aromatic rings. The quantitative estimate of drug-likeness (QED) is 0.653. The van der Waals surface area contributed by atoms with Crippen LogP contribution in [0.1, 0.15) is 5.56 Å². The number of hydrazine groups is 1. The van der Waals surface area contributed by atoms with E-state index < -0.39 is 22.8 Å². The number of nitro groups is 1. The van der Waals surface area contributed by atoms with Gasteiger partial charge in [0.05, 0.1) is 16.2 Å². The van der Waals surface area contributed by atoms with Crippen LogP contribution in [0, 0.1) is 10.1 Å². The number of benzene rings is 2. The van der Waals surface area contributed by atoms with Gasteiger partial charge in [0.1, 0.15) is 5.75 Å². The lowest BCUT2D eigenvalue weighted by molar-refractivity contribution is -0.384. The van der Waals surface area contributed by atoms with Crippen molar-refractivity contribution in [2.45, 2.75) is 6.18 Å². The number of ether oxygens (including phenoxy) is 1. The van der Waals surface area contributed by atoms with Crippen molar-refractivity contribution in [1.82, 2.24) is 5.43 Å². The summed E-state index contributed by atoms with van der Waals surface area (Å²) in [5, 5.41) is 10.5. The summed E-state index contributed by atoms with van der Waals surface area (Å²) >= 11 is 0. The zero-order chi connectivity index (χ0) is 17.7. The van der Waals surface area contributed by atoms with Crippen LogP contribution >= 0.6 is 0 Å². The molecule has 0 bridgehead atoms. The Morgan fingerprint density at radius 1 is 1.04 bits per heavy atom. The summed E-state index contributed by atoms with van der Waals surface area (Å²) in [5.74, 6) is 0.0623. The molecule has 0 unspecified atom stereocenters. The van der Waals surface area contributed by atoms with E-state index in [1.807, 2.05) is 0 Å². The minimum absolute atomic E-state index is 0.0623. The lowest BCUT2D eigenvalue weighted by Gasteiger charge is -2.10. The van der Waals surface area contributed by atoms with Gasteiger partial charge in [-0.25, -0.2) is 10.2 Å². The second-order valence-corrected chi connectivity index (χ2v) is 4.47. The number of hydrogen-bond acceptors (Lipinski definition) is 5. The Hall–Kier alpha value is -3.30. The predicted octanol–water partition coefficient (Wildman–Crippen LogP) is 3.73. The van der Waals surface area contributed by atoms with Crippen LogP contribution < -0.4 is 15.6 Å². The number of carbonyl (C=O) groups excluding carboxylic acids is 1. The molecule has 24 heavy (non-hydrogen) atoms. The van der Waals surface area contributed by atoms with E-state index in [0.29, 0.717) is 0 Å². The average Bonchev–Trinajstić information content (AvgIpc) is 2.53. The Morgan fingerprint density at radius 2 is 1.62 bits per heavy atom. The van der Waals surface area contributed by atoms with Crippen LogP contribution in [0.15, 0.2) is 48.5 Å². The number of amides is 1. The van der Waals surface area contributed by atoms with Gasteiger partial charge in [-0.05, 0) is 36.4 Å². The van der Waals surface area contributed by atoms with Gasteiger partial charge in [0, 0.05) is 12.1 Å². The summed E-state index contributed by atoms with van der Waals surface area (Å²) in [4.78, 5) is 21.4. The van der Waals surface area contributed by atoms with Gasteiger partial charge in [-0.2, -0.15) is 13.2 Å². The zero-order valence-electron chi connectivity index (χ0n) is 11.8. The Bertz CT molecular complexity index is 730. The van der Waals surface area contributed by atoms with E-state index in [1.54, 1.807) is 0 Å². The van der Waals surface area contributed by atoms with Crippen molar-refractivity contribution in [2.24, 2.45) is 0 Å². The number of nitro benzene ring substituents is 1. The number of non-ortho nitro benzene ring substituents is 1. The molecule has 0 aliphatic rings. The van der Waals surface area contributed by atoms with Crippen molar-refractivity contribution in [2.75, 3.05) is 5.43 Å². The fraction of sp³-hybridized carbons (Fsp3) is 0.0714. The normalized spacial score (nSPS) is 10.8. The Labute approximate surface area is 133 Å². The van der Waals surface area contributed by atoms with Gasteiger partial charge < -0.3 is 4.74 Å². The van der Waals surface area contributed by atoms with Crippen LogP contribution in [0.25, 0.3) is 0 Å².